The van der Waals surface area contributed by atoms with Crippen LogP contribution in [0.1, 0.15) is 17.3 Å². The van der Waals surface area contributed by atoms with Crippen molar-refractivity contribution in [2.24, 2.45) is 0 Å². The molecule has 1 heterocycles. The lowest BCUT2D eigenvalue weighted by atomic mass is 10.2. The van der Waals surface area contributed by atoms with Crippen LogP contribution in [-0.4, -0.2) is 10.2 Å². The zero-order valence-electron chi connectivity index (χ0n) is 11.9. The fraction of sp³-hybridized carbons (Fsp3) is 0.125. The molecule has 0 aliphatic heterocycles. The lowest BCUT2D eigenvalue weighted by molar-refractivity contribution is 0.463. The van der Waals surface area contributed by atoms with Crippen LogP contribution in [0.15, 0.2) is 46.9 Å². The third-order valence-electron chi connectivity index (χ3n) is 3.15. The van der Waals surface area contributed by atoms with Crippen molar-refractivity contribution in [2.75, 3.05) is 5.32 Å². The van der Waals surface area contributed by atoms with Gasteiger partial charge in [-0.25, -0.2) is 13.2 Å². The van der Waals surface area contributed by atoms with Crippen LogP contribution in [0.5, 0.6) is 0 Å². The quantitative estimate of drug-likeness (QED) is 0.729. The van der Waals surface area contributed by atoms with Crippen LogP contribution in [0.3, 0.4) is 0 Å². The summed E-state index contributed by atoms with van der Waals surface area (Å²) in [5.74, 6) is -2.63. The highest BCUT2D eigenvalue weighted by Gasteiger charge is 2.11. The highest BCUT2D eigenvalue weighted by atomic mass is 19.2. The van der Waals surface area contributed by atoms with Crippen molar-refractivity contribution in [2.45, 2.75) is 13.0 Å². The van der Waals surface area contributed by atoms with Crippen LogP contribution in [0, 0.1) is 17.5 Å². The van der Waals surface area contributed by atoms with E-state index in [1.165, 1.54) is 0 Å². The van der Waals surface area contributed by atoms with Gasteiger partial charge in [0.2, 0.25) is 11.8 Å². The van der Waals surface area contributed by atoms with Crippen LogP contribution < -0.4 is 5.32 Å². The van der Waals surface area contributed by atoms with Crippen LogP contribution in [0.4, 0.5) is 18.9 Å². The molecule has 3 rings (SSSR count). The fourth-order valence-corrected chi connectivity index (χ4v) is 2.03. The number of aromatic nitrogens is 2. The largest absolute Gasteiger partial charge is 0.423 e. The van der Waals surface area contributed by atoms with E-state index in [4.69, 9.17) is 4.42 Å². The molecule has 0 fully saturated rings. The van der Waals surface area contributed by atoms with Gasteiger partial charge in [0, 0.05) is 12.1 Å². The first-order valence-electron chi connectivity index (χ1n) is 6.85. The molecule has 0 radical (unpaired) electrons. The summed E-state index contributed by atoms with van der Waals surface area (Å²) in [6, 6.07) is 10.8. The van der Waals surface area contributed by atoms with E-state index in [0.29, 0.717) is 18.4 Å². The van der Waals surface area contributed by atoms with Crippen LogP contribution in [0.25, 0.3) is 0 Å². The molecule has 2 aromatic carbocycles. The number of benzene rings is 2. The summed E-state index contributed by atoms with van der Waals surface area (Å²) in [4.78, 5) is 0. The van der Waals surface area contributed by atoms with Gasteiger partial charge in [-0.1, -0.05) is 30.3 Å². The van der Waals surface area contributed by atoms with Gasteiger partial charge in [-0.3, -0.25) is 0 Å². The highest BCUT2D eigenvalue weighted by Crippen LogP contribution is 2.19. The summed E-state index contributed by atoms with van der Waals surface area (Å²) in [6.45, 7) is 0.00375. The molecule has 1 aromatic heterocycles. The average molecular weight is 319 g/mol. The zero-order valence-corrected chi connectivity index (χ0v) is 11.9. The molecular formula is C16H12F3N3O. The van der Waals surface area contributed by atoms with Gasteiger partial charge >= 0.3 is 0 Å². The first-order chi connectivity index (χ1) is 11.1. The Morgan fingerprint density at radius 1 is 0.870 bits per heavy atom. The van der Waals surface area contributed by atoms with Crippen molar-refractivity contribution < 1.29 is 17.6 Å². The summed E-state index contributed by atoms with van der Waals surface area (Å²) in [5, 5.41) is 10.3. The number of halogens is 3. The maximum absolute atomic E-state index is 13.5. The molecule has 0 aliphatic rings. The second-order valence-corrected chi connectivity index (χ2v) is 4.85. The van der Waals surface area contributed by atoms with Gasteiger partial charge in [0.05, 0.1) is 18.7 Å². The van der Waals surface area contributed by atoms with E-state index in [-0.39, 0.29) is 18.1 Å². The highest BCUT2D eigenvalue weighted by molar-refractivity contribution is 5.45. The van der Waals surface area contributed by atoms with Gasteiger partial charge < -0.3 is 9.73 Å². The molecule has 0 bridgehead atoms. The summed E-state index contributed by atoms with van der Waals surface area (Å²) < 4.78 is 44.9. The number of hydrogen-bond acceptors (Lipinski definition) is 4. The molecule has 0 unspecified atom stereocenters. The summed E-state index contributed by atoms with van der Waals surface area (Å²) in [5.41, 5.74) is 0.842. The predicted molar refractivity (Wildman–Crippen MR) is 77.2 cm³/mol. The lowest BCUT2D eigenvalue weighted by Crippen LogP contribution is -2.03. The van der Waals surface area contributed by atoms with E-state index in [0.717, 1.165) is 11.6 Å². The molecule has 23 heavy (non-hydrogen) atoms. The van der Waals surface area contributed by atoms with E-state index >= 15 is 0 Å². The molecular weight excluding hydrogens is 307 g/mol. The minimum Gasteiger partial charge on any atom is -0.423 e. The third-order valence-corrected chi connectivity index (χ3v) is 3.15. The Morgan fingerprint density at radius 3 is 2.35 bits per heavy atom. The third kappa shape index (κ3) is 3.68. The van der Waals surface area contributed by atoms with Gasteiger partial charge in [0.1, 0.15) is 5.82 Å². The second kappa shape index (κ2) is 6.51. The molecule has 0 aliphatic carbocycles. The fourth-order valence-electron chi connectivity index (χ4n) is 2.03. The Bertz CT molecular complexity index is 806. The Labute approximate surface area is 130 Å². The maximum Gasteiger partial charge on any atom is 0.235 e. The summed E-state index contributed by atoms with van der Waals surface area (Å²) in [7, 11) is 0. The number of nitrogens with one attached hydrogen (secondary N) is 1. The molecule has 4 nitrogen and oxygen atoms in total. The predicted octanol–water partition coefficient (Wildman–Crippen LogP) is 3.69. The van der Waals surface area contributed by atoms with Crippen molar-refractivity contribution in [1.29, 1.82) is 0 Å². The molecule has 1 N–H and O–H groups in total. The smallest absolute Gasteiger partial charge is 0.235 e. The van der Waals surface area contributed by atoms with Gasteiger partial charge in [-0.05, 0) is 5.56 Å². The van der Waals surface area contributed by atoms with Crippen LogP contribution >= 0.6 is 0 Å². The minimum absolute atomic E-state index is 0.00375. The van der Waals surface area contributed by atoms with E-state index < -0.39 is 17.5 Å². The van der Waals surface area contributed by atoms with Crippen molar-refractivity contribution in [3.8, 4) is 0 Å². The molecule has 118 valence electrons. The molecule has 0 saturated heterocycles. The molecule has 0 saturated carbocycles. The minimum atomic E-state index is -1.24. The first-order valence-corrected chi connectivity index (χ1v) is 6.85. The Kier molecular flexibility index (Phi) is 4.27. The Balaban J connectivity index is 1.65. The van der Waals surface area contributed by atoms with Gasteiger partial charge in [-0.15, -0.1) is 10.2 Å². The molecule has 0 atom stereocenters. The summed E-state index contributed by atoms with van der Waals surface area (Å²) in [6.07, 6.45) is 0.480. The van der Waals surface area contributed by atoms with E-state index in [2.05, 4.69) is 15.5 Å². The SMILES string of the molecule is Fc1cc(F)c(NCc2nnc(Cc3ccccc3)o2)cc1F. The van der Waals surface area contributed by atoms with E-state index in [1.54, 1.807) is 0 Å². The van der Waals surface area contributed by atoms with Gasteiger partial charge in [-0.2, -0.15) is 0 Å². The average Bonchev–Trinajstić information content (AvgIpc) is 2.98. The van der Waals surface area contributed by atoms with Crippen molar-refractivity contribution in [3.05, 3.63) is 77.3 Å². The molecule has 3 aromatic rings. The molecule has 7 heteroatoms. The number of hydrogen-bond donors (Lipinski definition) is 1. The molecule has 0 spiro atoms. The molecule has 0 amide bonds. The first kappa shape index (κ1) is 15.1. The summed E-state index contributed by atoms with van der Waals surface area (Å²) >= 11 is 0. The Hall–Kier alpha value is -2.83. The van der Waals surface area contributed by atoms with Crippen LogP contribution in [0.2, 0.25) is 0 Å². The zero-order chi connectivity index (χ0) is 16.2. The number of rotatable bonds is 5. The van der Waals surface area contributed by atoms with Crippen molar-refractivity contribution in [1.82, 2.24) is 10.2 Å². The van der Waals surface area contributed by atoms with Crippen LogP contribution in [-0.2, 0) is 13.0 Å². The van der Waals surface area contributed by atoms with E-state index in [1.807, 2.05) is 30.3 Å². The monoisotopic (exact) mass is 319 g/mol. The Morgan fingerprint density at radius 2 is 1.57 bits per heavy atom. The maximum atomic E-state index is 13.5. The van der Waals surface area contributed by atoms with E-state index in [9.17, 15) is 13.2 Å². The van der Waals surface area contributed by atoms with Gasteiger partial charge in [0.15, 0.2) is 11.6 Å². The number of nitrogens with zero attached hydrogens (tertiary/aromatic N) is 2. The number of anilines is 1. The second-order valence-electron chi connectivity index (χ2n) is 4.85. The normalized spacial score (nSPS) is 10.7. The standard InChI is InChI=1S/C16H12F3N3O/c17-11-7-13(19)14(8-12(11)18)20-9-16-22-21-15(23-16)6-10-4-2-1-3-5-10/h1-5,7-8,20H,6,9H2. The topological polar surface area (TPSA) is 51.0 Å². The van der Waals surface area contributed by atoms with Crippen molar-refractivity contribution in [3.63, 3.8) is 0 Å². The van der Waals surface area contributed by atoms with Crippen molar-refractivity contribution >= 4 is 5.69 Å². The van der Waals surface area contributed by atoms with Gasteiger partial charge in [0.25, 0.3) is 0 Å². The lowest BCUT2D eigenvalue weighted by Gasteiger charge is -2.05.